The lowest BCUT2D eigenvalue weighted by molar-refractivity contribution is 0.199. The van der Waals surface area contributed by atoms with E-state index in [4.69, 9.17) is 11.5 Å². The smallest absolute Gasteiger partial charge is 0.182 e. The van der Waals surface area contributed by atoms with Gasteiger partial charge in [-0.2, -0.15) is 0 Å². The van der Waals surface area contributed by atoms with E-state index in [1.165, 1.54) is 0 Å². The van der Waals surface area contributed by atoms with Gasteiger partial charge in [-0.05, 0) is 47.4 Å². The monoisotopic (exact) mass is 244 g/mol. The average molecular weight is 244 g/mol. The molecule has 94 valence electrons. The Hall–Kier alpha value is -2.11. The Labute approximate surface area is 105 Å². The van der Waals surface area contributed by atoms with Crippen LogP contribution in [0.25, 0.3) is 11.4 Å². The lowest BCUT2D eigenvalue weighted by Crippen LogP contribution is -2.26. The molecule has 0 radical (unpaired) electrons. The first kappa shape index (κ1) is 11.0. The molecule has 18 heavy (non-hydrogen) atoms. The van der Waals surface area contributed by atoms with Gasteiger partial charge in [0.05, 0.1) is 6.04 Å². The van der Waals surface area contributed by atoms with E-state index in [1.807, 2.05) is 16.8 Å². The fourth-order valence-electron chi connectivity index (χ4n) is 2.49. The molecule has 6 heteroatoms. The van der Waals surface area contributed by atoms with Crippen LogP contribution in [0.5, 0.6) is 0 Å². The minimum absolute atomic E-state index is 0.396. The number of hydrogen-bond donors (Lipinski definition) is 2. The molecule has 1 fully saturated rings. The Morgan fingerprint density at radius 2 is 1.83 bits per heavy atom. The first-order valence-corrected chi connectivity index (χ1v) is 6.08. The number of nitrogen functional groups attached to an aromatic ring is 2. The van der Waals surface area contributed by atoms with Crippen LogP contribution < -0.4 is 11.5 Å². The summed E-state index contributed by atoms with van der Waals surface area (Å²) in [6, 6.07) is 5.82. The van der Waals surface area contributed by atoms with Crippen molar-refractivity contribution >= 4 is 11.4 Å². The third-order valence-electron chi connectivity index (χ3n) is 3.42. The Morgan fingerprint density at radius 3 is 2.44 bits per heavy atom. The molecule has 6 nitrogen and oxygen atoms in total. The molecule has 1 aromatic carbocycles. The van der Waals surface area contributed by atoms with Gasteiger partial charge in [0.2, 0.25) is 0 Å². The van der Waals surface area contributed by atoms with Crippen molar-refractivity contribution in [1.82, 2.24) is 20.2 Å². The summed E-state index contributed by atoms with van der Waals surface area (Å²) in [4.78, 5) is 0. The third kappa shape index (κ3) is 1.79. The molecule has 0 aliphatic heterocycles. The van der Waals surface area contributed by atoms with Crippen molar-refractivity contribution < 1.29 is 0 Å². The van der Waals surface area contributed by atoms with Gasteiger partial charge in [0.1, 0.15) is 0 Å². The number of nitrogens with two attached hydrogens (primary N) is 2. The molecule has 3 rings (SSSR count). The zero-order valence-electron chi connectivity index (χ0n) is 10.2. The summed E-state index contributed by atoms with van der Waals surface area (Å²) in [7, 11) is 0. The summed E-state index contributed by atoms with van der Waals surface area (Å²) in [6.45, 7) is 2.24. The van der Waals surface area contributed by atoms with Crippen LogP contribution in [0, 0.1) is 5.92 Å². The van der Waals surface area contributed by atoms with Gasteiger partial charge in [-0.3, -0.25) is 0 Å². The molecular weight excluding hydrogens is 228 g/mol. The molecule has 2 aromatic rings. The van der Waals surface area contributed by atoms with Crippen LogP contribution in [0.3, 0.4) is 0 Å². The second-order valence-electron chi connectivity index (χ2n) is 5.07. The molecular formula is C12H16N6. The van der Waals surface area contributed by atoms with Crippen LogP contribution in [0.15, 0.2) is 18.2 Å². The van der Waals surface area contributed by atoms with Crippen LogP contribution in [-0.2, 0) is 0 Å². The Kier molecular flexibility index (Phi) is 2.43. The zero-order chi connectivity index (χ0) is 12.7. The van der Waals surface area contributed by atoms with E-state index in [0.717, 1.165) is 30.1 Å². The molecule has 1 aliphatic carbocycles. The van der Waals surface area contributed by atoms with Gasteiger partial charge in [0, 0.05) is 16.9 Å². The number of tetrazole rings is 1. The van der Waals surface area contributed by atoms with E-state index < -0.39 is 0 Å². The SMILES string of the molecule is CC1CC(n2nnnc2-c2cc(N)cc(N)c2)C1. The molecule has 0 amide bonds. The van der Waals surface area contributed by atoms with Gasteiger partial charge in [-0.25, -0.2) is 4.68 Å². The van der Waals surface area contributed by atoms with Gasteiger partial charge in [0.25, 0.3) is 0 Å². The molecule has 1 heterocycles. The van der Waals surface area contributed by atoms with E-state index in [0.29, 0.717) is 17.4 Å². The largest absolute Gasteiger partial charge is 0.399 e. The van der Waals surface area contributed by atoms with Crippen molar-refractivity contribution in [2.75, 3.05) is 11.5 Å². The number of rotatable bonds is 2. The highest BCUT2D eigenvalue weighted by Crippen LogP contribution is 2.38. The van der Waals surface area contributed by atoms with E-state index in [-0.39, 0.29) is 0 Å². The van der Waals surface area contributed by atoms with Crippen LogP contribution in [0.1, 0.15) is 25.8 Å². The molecule has 0 spiro atoms. The Morgan fingerprint density at radius 1 is 1.17 bits per heavy atom. The standard InChI is InChI=1S/C12H16N6/c1-7-2-11(3-7)18-12(15-16-17-18)8-4-9(13)6-10(14)5-8/h4-7,11H,2-3,13-14H2,1H3. The van der Waals surface area contributed by atoms with Crippen molar-refractivity contribution in [1.29, 1.82) is 0 Å². The summed E-state index contributed by atoms with van der Waals surface area (Å²) < 4.78 is 1.88. The predicted molar refractivity (Wildman–Crippen MR) is 69.5 cm³/mol. The Bertz CT molecular complexity index is 549. The number of hydrogen-bond acceptors (Lipinski definition) is 5. The fraction of sp³-hybridized carbons (Fsp3) is 0.417. The second kappa shape index (κ2) is 3.97. The molecule has 1 saturated carbocycles. The first-order chi connectivity index (χ1) is 8.63. The summed E-state index contributed by atoms with van der Waals surface area (Å²) in [5.41, 5.74) is 13.7. The van der Waals surface area contributed by atoms with Crippen molar-refractivity contribution in [3.8, 4) is 11.4 Å². The van der Waals surface area contributed by atoms with Gasteiger partial charge in [-0.1, -0.05) is 6.92 Å². The van der Waals surface area contributed by atoms with Gasteiger partial charge in [-0.15, -0.1) is 5.10 Å². The summed E-state index contributed by atoms with van der Waals surface area (Å²) in [5, 5.41) is 11.9. The Balaban J connectivity index is 1.99. The minimum Gasteiger partial charge on any atom is -0.399 e. The van der Waals surface area contributed by atoms with Crippen molar-refractivity contribution in [2.45, 2.75) is 25.8 Å². The summed E-state index contributed by atoms with van der Waals surface area (Å²) in [5.74, 6) is 1.49. The lowest BCUT2D eigenvalue weighted by Gasteiger charge is -2.32. The van der Waals surface area contributed by atoms with Crippen molar-refractivity contribution in [3.63, 3.8) is 0 Å². The van der Waals surface area contributed by atoms with E-state index in [9.17, 15) is 0 Å². The summed E-state index contributed by atoms with van der Waals surface area (Å²) >= 11 is 0. The molecule has 1 aromatic heterocycles. The van der Waals surface area contributed by atoms with Gasteiger partial charge in [0.15, 0.2) is 5.82 Å². The second-order valence-corrected chi connectivity index (χ2v) is 5.07. The molecule has 1 aliphatic rings. The predicted octanol–water partition coefficient (Wildman–Crippen LogP) is 1.48. The number of aromatic nitrogens is 4. The van der Waals surface area contributed by atoms with Gasteiger partial charge < -0.3 is 11.5 Å². The lowest BCUT2D eigenvalue weighted by atomic mass is 9.82. The maximum absolute atomic E-state index is 5.80. The zero-order valence-corrected chi connectivity index (χ0v) is 10.2. The fourth-order valence-corrected chi connectivity index (χ4v) is 2.49. The van der Waals surface area contributed by atoms with Crippen LogP contribution in [-0.4, -0.2) is 20.2 Å². The highest BCUT2D eigenvalue weighted by atomic mass is 15.6. The van der Waals surface area contributed by atoms with Crippen LogP contribution in [0.2, 0.25) is 0 Å². The molecule has 0 saturated heterocycles. The van der Waals surface area contributed by atoms with E-state index >= 15 is 0 Å². The van der Waals surface area contributed by atoms with Crippen LogP contribution >= 0.6 is 0 Å². The topological polar surface area (TPSA) is 95.6 Å². The van der Waals surface area contributed by atoms with Crippen molar-refractivity contribution in [3.05, 3.63) is 18.2 Å². The third-order valence-corrected chi connectivity index (χ3v) is 3.42. The molecule has 0 bridgehead atoms. The normalized spacial score (nSPS) is 22.7. The molecule has 4 N–H and O–H groups in total. The van der Waals surface area contributed by atoms with Crippen LogP contribution in [0.4, 0.5) is 11.4 Å². The van der Waals surface area contributed by atoms with E-state index in [1.54, 1.807) is 6.07 Å². The number of benzene rings is 1. The quantitative estimate of drug-likeness (QED) is 0.780. The minimum atomic E-state index is 0.396. The maximum atomic E-state index is 5.80. The van der Waals surface area contributed by atoms with E-state index in [2.05, 4.69) is 22.4 Å². The van der Waals surface area contributed by atoms with Crippen molar-refractivity contribution in [2.24, 2.45) is 5.92 Å². The number of nitrogens with zero attached hydrogens (tertiary/aromatic N) is 4. The molecule has 0 unspecified atom stereocenters. The highest BCUT2D eigenvalue weighted by molar-refractivity contribution is 5.67. The van der Waals surface area contributed by atoms with Gasteiger partial charge >= 0.3 is 0 Å². The molecule has 0 atom stereocenters. The maximum Gasteiger partial charge on any atom is 0.182 e. The number of anilines is 2. The average Bonchev–Trinajstić information content (AvgIpc) is 2.71. The highest BCUT2D eigenvalue weighted by Gasteiger charge is 2.30. The summed E-state index contributed by atoms with van der Waals surface area (Å²) in [6.07, 6.45) is 2.24. The first-order valence-electron chi connectivity index (χ1n) is 6.08.